The van der Waals surface area contributed by atoms with Gasteiger partial charge in [-0.2, -0.15) is 5.10 Å². The first-order valence-electron chi connectivity index (χ1n) is 7.48. The van der Waals surface area contributed by atoms with Crippen LogP contribution in [0.25, 0.3) is 0 Å². The summed E-state index contributed by atoms with van der Waals surface area (Å²) in [5.74, 6) is 0.536. The van der Waals surface area contributed by atoms with Gasteiger partial charge in [0.15, 0.2) is 5.82 Å². The van der Waals surface area contributed by atoms with Crippen molar-refractivity contribution in [2.45, 2.75) is 20.3 Å². The Morgan fingerprint density at radius 1 is 1.14 bits per heavy atom. The molecular weight excluding hydrogens is 278 g/mol. The number of benzene rings is 1. The van der Waals surface area contributed by atoms with Crippen LogP contribution in [0.2, 0.25) is 0 Å². The van der Waals surface area contributed by atoms with Crippen LogP contribution in [-0.4, -0.2) is 29.2 Å². The van der Waals surface area contributed by atoms with E-state index in [0.29, 0.717) is 30.2 Å². The molecule has 22 heavy (non-hydrogen) atoms. The van der Waals surface area contributed by atoms with Gasteiger partial charge in [0.05, 0.1) is 23.1 Å². The lowest BCUT2D eigenvalue weighted by molar-refractivity contribution is 0.0988. The maximum absolute atomic E-state index is 13.0. The first kappa shape index (κ1) is 14.3. The zero-order valence-corrected chi connectivity index (χ0v) is 12.8. The van der Waals surface area contributed by atoms with Crippen LogP contribution in [0.3, 0.4) is 0 Å². The summed E-state index contributed by atoms with van der Waals surface area (Å²) < 4.78 is 0. The van der Waals surface area contributed by atoms with Gasteiger partial charge < -0.3 is 15.5 Å². The molecule has 0 radical (unpaired) electrons. The molecule has 0 atom stereocenters. The smallest absolute Gasteiger partial charge is 0.262 e. The molecule has 0 spiro atoms. The highest BCUT2D eigenvalue weighted by atomic mass is 16.2. The molecule has 6 heteroatoms. The second kappa shape index (κ2) is 5.63. The van der Waals surface area contributed by atoms with Gasteiger partial charge >= 0.3 is 0 Å². The predicted octanol–water partition coefficient (Wildman–Crippen LogP) is 2.59. The van der Waals surface area contributed by atoms with Crippen LogP contribution in [0.15, 0.2) is 30.5 Å². The van der Waals surface area contributed by atoms with Gasteiger partial charge in [-0.1, -0.05) is 6.92 Å². The van der Waals surface area contributed by atoms with Gasteiger partial charge in [-0.3, -0.25) is 4.79 Å². The summed E-state index contributed by atoms with van der Waals surface area (Å²) in [7, 11) is 0. The Labute approximate surface area is 129 Å². The maximum Gasteiger partial charge on any atom is 0.262 e. The lowest BCUT2D eigenvalue weighted by atomic mass is 10.2. The van der Waals surface area contributed by atoms with E-state index in [1.54, 1.807) is 17.2 Å². The molecule has 1 aliphatic rings. The zero-order chi connectivity index (χ0) is 15.7. The van der Waals surface area contributed by atoms with Crippen molar-refractivity contribution < 1.29 is 4.79 Å². The van der Waals surface area contributed by atoms with E-state index in [-0.39, 0.29) is 5.91 Å². The quantitative estimate of drug-likeness (QED) is 0.881. The van der Waals surface area contributed by atoms with Crippen molar-refractivity contribution in [2.24, 2.45) is 0 Å². The third-order valence-electron chi connectivity index (χ3n) is 3.78. The third-order valence-corrected chi connectivity index (χ3v) is 3.78. The molecule has 1 amide bonds. The fraction of sp³-hybridized carbons (Fsp3) is 0.312. The van der Waals surface area contributed by atoms with Gasteiger partial charge in [-0.15, -0.1) is 5.10 Å². The number of carbonyl (C=O) groups is 1. The van der Waals surface area contributed by atoms with Crippen LogP contribution in [0.4, 0.5) is 22.9 Å². The van der Waals surface area contributed by atoms with Crippen molar-refractivity contribution in [3.05, 3.63) is 36.0 Å². The Kier molecular flexibility index (Phi) is 3.66. The van der Waals surface area contributed by atoms with Gasteiger partial charge in [-0.25, -0.2) is 0 Å². The molecule has 0 fully saturated rings. The van der Waals surface area contributed by atoms with Crippen LogP contribution in [-0.2, 0) is 0 Å². The van der Waals surface area contributed by atoms with E-state index in [0.717, 1.165) is 17.8 Å². The van der Waals surface area contributed by atoms with Crippen molar-refractivity contribution in [3.8, 4) is 0 Å². The van der Waals surface area contributed by atoms with E-state index < -0.39 is 0 Å². The van der Waals surface area contributed by atoms with Crippen molar-refractivity contribution >= 4 is 28.8 Å². The van der Waals surface area contributed by atoms with Crippen molar-refractivity contribution in [2.75, 3.05) is 28.6 Å². The molecule has 1 aromatic carbocycles. The molecule has 1 aliphatic heterocycles. The molecule has 114 valence electrons. The van der Waals surface area contributed by atoms with E-state index >= 15 is 0 Å². The number of fused-ring (bicyclic) bond motifs is 2. The van der Waals surface area contributed by atoms with Crippen LogP contribution in [0.1, 0.15) is 30.6 Å². The number of nitrogens with zero attached hydrogens (tertiary/aromatic N) is 4. The molecule has 2 aromatic rings. The second-order valence-electron chi connectivity index (χ2n) is 5.22. The third kappa shape index (κ3) is 2.16. The number of anilines is 4. The Morgan fingerprint density at radius 2 is 1.95 bits per heavy atom. The van der Waals surface area contributed by atoms with Crippen molar-refractivity contribution in [1.29, 1.82) is 0 Å². The van der Waals surface area contributed by atoms with E-state index in [1.807, 2.05) is 36.9 Å². The summed E-state index contributed by atoms with van der Waals surface area (Å²) in [5, 5.41) is 8.14. The summed E-state index contributed by atoms with van der Waals surface area (Å²) in [6.07, 6.45) is 2.42. The van der Waals surface area contributed by atoms with Gasteiger partial charge in [0, 0.05) is 18.8 Å². The molecule has 3 rings (SSSR count). The van der Waals surface area contributed by atoms with Gasteiger partial charge in [0.25, 0.3) is 5.91 Å². The molecule has 2 N–H and O–H groups in total. The number of carbonyl (C=O) groups excluding carboxylic acids is 1. The number of hydrogen-bond donors (Lipinski definition) is 1. The molecule has 0 saturated carbocycles. The molecule has 6 nitrogen and oxygen atoms in total. The summed E-state index contributed by atoms with van der Waals surface area (Å²) in [4.78, 5) is 16.7. The van der Waals surface area contributed by atoms with Crippen LogP contribution >= 0.6 is 0 Å². The van der Waals surface area contributed by atoms with Crippen LogP contribution in [0.5, 0.6) is 0 Å². The topological polar surface area (TPSA) is 75.4 Å². The largest absolute Gasteiger partial charge is 0.399 e. The zero-order valence-electron chi connectivity index (χ0n) is 12.8. The summed E-state index contributed by atoms with van der Waals surface area (Å²) >= 11 is 0. The first-order chi connectivity index (χ1) is 10.7. The molecule has 1 aromatic heterocycles. The van der Waals surface area contributed by atoms with Crippen LogP contribution < -0.4 is 15.5 Å². The van der Waals surface area contributed by atoms with E-state index in [4.69, 9.17) is 5.73 Å². The normalized spacial score (nSPS) is 13.6. The highest BCUT2D eigenvalue weighted by Gasteiger charge is 2.31. The highest BCUT2D eigenvalue weighted by molar-refractivity contribution is 6.13. The van der Waals surface area contributed by atoms with E-state index in [9.17, 15) is 4.79 Å². The SMILES string of the molecule is CCCN1C(=O)c2ccnnc2N(CC)c2ccc(N)cc21. The molecule has 2 heterocycles. The van der Waals surface area contributed by atoms with E-state index in [1.165, 1.54) is 0 Å². The maximum atomic E-state index is 13.0. The molecule has 0 saturated heterocycles. The number of hydrogen-bond acceptors (Lipinski definition) is 5. The van der Waals surface area contributed by atoms with Gasteiger partial charge in [-0.05, 0) is 37.6 Å². The Bertz CT molecular complexity index is 715. The molecular formula is C16H19N5O. The predicted molar refractivity (Wildman–Crippen MR) is 87.5 cm³/mol. The summed E-state index contributed by atoms with van der Waals surface area (Å²) in [6.45, 7) is 5.40. The summed E-state index contributed by atoms with van der Waals surface area (Å²) in [5.41, 5.74) is 8.91. The first-order valence-corrected chi connectivity index (χ1v) is 7.48. The fourth-order valence-electron chi connectivity index (χ4n) is 2.81. The Hall–Kier alpha value is -2.63. The minimum atomic E-state index is -0.0606. The summed E-state index contributed by atoms with van der Waals surface area (Å²) in [6, 6.07) is 7.36. The Balaban J connectivity index is 2.29. The standard InChI is InChI=1S/C16H19N5O/c1-3-9-21-14-10-11(17)5-6-13(14)20(4-2)15-12(16(21)22)7-8-18-19-15/h5-8,10H,3-4,9,17H2,1-2H3. The highest BCUT2D eigenvalue weighted by Crippen LogP contribution is 2.40. The number of amides is 1. The lowest BCUT2D eigenvalue weighted by Crippen LogP contribution is -2.31. The van der Waals surface area contributed by atoms with Gasteiger partial charge in [0.2, 0.25) is 0 Å². The minimum absolute atomic E-state index is 0.0606. The number of rotatable bonds is 3. The van der Waals surface area contributed by atoms with E-state index in [2.05, 4.69) is 10.2 Å². The lowest BCUT2D eigenvalue weighted by Gasteiger charge is -2.25. The van der Waals surface area contributed by atoms with Crippen LogP contribution in [0, 0.1) is 0 Å². The second-order valence-corrected chi connectivity index (χ2v) is 5.22. The Morgan fingerprint density at radius 3 is 2.68 bits per heavy atom. The number of nitrogen functional groups attached to an aromatic ring is 1. The average Bonchev–Trinajstić information content (AvgIpc) is 2.63. The van der Waals surface area contributed by atoms with Crippen molar-refractivity contribution in [3.63, 3.8) is 0 Å². The average molecular weight is 297 g/mol. The molecule has 0 bridgehead atoms. The minimum Gasteiger partial charge on any atom is -0.399 e. The number of nitrogens with two attached hydrogens (primary N) is 1. The molecule has 0 aliphatic carbocycles. The van der Waals surface area contributed by atoms with Crippen molar-refractivity contribution in [1.82, 2.24) is 10.2 Å². The molecule has 0 unspecified atom stereocenters. The number of aromatic nitrogens is 2. The van der Waals surface area contributed by atoms with Gasteiger partial charge in [0.1, 0.15) is 0 Å². The monoisotopic (exact) mass is 297 g/mol. The fourth-order valence-corrected chi connectivity index (χ4v) is 2.81.